The molecule has 0 spiro atoms. The molecule has 3 rings (SSSR count). The van der Waals surface area contributed by atoms with Crippen LogP contribution in [0.5, 0.6) is 0 Å². The van der Waals surface area contributed by atoms with Crippen molar-refractivity contribution in [3.8, 4) is 0 Å². The van der Waals surface area contributed by atoms with E-state index < -0.39 is 0 Å². The minimum absolute atomic E-state index is 0.248. The Morgan fingerprint density at radius 2 is 1.76 bits per heavy atom. The molecule has 0 radical (unpaired) electrons. The second kappa shape index (κ2) is 7.57. The summed E-state index contributed by atoms with van der Waals surface area (Å²) in [6, 6.07) is 19.2. The van der Waals surface area contributed by atoms with E-state index in [2.05, 4.69) is 15.3 Å². The van der Waals surface area contributed by atoms with Crippen molar-refractivity contribution in [2.75, 3.05) is 16.8 Å². The number of aromatic nitrogens is 2. The van der Waals surface area contributed by atoms with Crippen molar-refractivity contribution in [2.45, 2.75) is 13.8 Å². The highest BCUT2D eigenvalue weighted by Gasteiger charge is 2.14. The summed E-state index contributed by atoms with van der Waals surface area (Å²) >= 11 is 0. The number of amides is 1. The van der Waals surface area contributed by atoms with Crippen LogP contribution in [0.15, 0.2) is 66.9 Å². The van der Waals surface area contributed by atoms with E-state index in [0.717, 1.165) is 16.9 Å². The molecule has 0 aliphatic rings. The predicted octanol–water partition coefficient (Wildman–Crippen LogP) is 4.20. The fourth-order valence-electron chi connectivity index (χ4n) is 2.55. The number of carbonyl (C=O) groups is 1. The van der Waals surface area contributed by atoms with Gasteiger partial charge in [0.15, 0.2) is 0 Å². The van der Waals surface area contributed by atoms with Crippen LogP contribution in [0.1, 0.15) is 23.0 Å². The van der Waals surface area contributed by atoms with Crippen molar-refractivity contribution in [3.63, 3.8) is 0 Å². The summed E-state index contributed by atoms with van der Waals surface area (Å²) in [5, 5.41) is 2.90. The van der Waals surface area contributed by atoms with Crippen LogP contribution in [-0.2, 0) is 0 Å². The van der Waals surface area contributed by atoms with Crippen LogP contribution in [0, 0.1) is 6.92 Å². The molecular weight excluding hydrogens is 312 g/mol. The van der Waals surface area contributed by atoms with Crippen LogP contribution >= 0.6 is 0 Å². The van der Waals surface area contributed by atoms with Crippen molar-refractivity contribution in [1.82, 2.24) is 9.97 Å². The van der Waals surface area contributed by atoms with Gasteiger partial charge in [-0.05, 0) is 43.7 Å². The van der Waals surface area contributed by atoms with Crippen LogP contribution in [0.4, 0.5) is 17.3 Å². The van der Waals surface area contributed by atoms with Crippen LogP contribution in [0.25, 0.3) is 0 Å². The molecule has 2 aromatic carbocycles. The number of para-hydroxylation sites is 2. The van der Waals surface area contributed by atoms with Crippen LogP contribution < -0.4 is 10.2 Å². The molecule has 0 aliphatic heterocycles. The summed E-state index contributed by atoms with van der Waals surface area (Å²) < 4.78 is 0. The molecular formula is C20H20N4O. The highest BCUT2D eigenvalue weighted by atomic mass is 16.1. The number of nitrogens with one attached hydrogen (secondary N) is 1. The third-order valence-electron chi connectivity index (χ3n) is 3.89. The molecule has 0 saturated heterocycles. The third-order valence-corrected chi connectivity index (χ3v) is 3.89. The van der Waals surface area contributed by atoms with Crippen molar-refractivity contribution in [2.24, 2.45) is 0 Å². The second-order valence-corrected chi connectivity index (χ2v) is 5.59. The molecule has 0 fully saturated rings. The number of benzene rings is 2. The Morgan fingerprint density at radius 1 is 1.04 bits per heavy atom. The normalized spacial score (nSPS) is 10.3. The standard InChI is InChI=1S/C20H20N4O/c1-3-24(16-10-5-4-6-11-16)20-21-14-13-18(23-20)19(25)22-17-12-8-7-9-15(17)2/h4-14H,3H2,1-2H3,(H,22,25). The van der Waals surface area contributed by atoms with Gasteiger partial charge in [-0.25, -0.2) is 9.97 Å². The summed E-state index contributed by atoms with van der Waals surface area (Å²) in [5.74, 6) is 0.258. The molecule has 1 amide bonds. The van der Waals surface area contributed by atoms with E-state index in [0.29, 0.717) is 18.2 Å². The average molecular weight is 332 g/mol. The van der Waals surface area contributed by atoms with Crippen LogP contribution in [0.2, 0.25) is 0 Å². The van der Waals surface area contributed by atoms with E-state index in [1.165, 1.54) is 0 Å². The number of carbonyl (C=O) groups excluding carboxylic acids is 1. The lowest BCUT2D eigenvalue weighted by Gasteiger charge is -2.21. The largest absolute Gasteiger partial charge is 0.320 e. The Bertz CT molecular complexity index is 864. The first kappa shape index (κ1) is 16.6. The quantitative estimate of drug-likeness (QED) is 0.761. The number of anilines is 3. The molecule has 5 nitrogen and oxygen atoms in total. The Hall–Kier alpha value is -3.21. The topological polar surface area (TPSA) is 58.1 Å². The number of rotatable bonds is 5. The molecule has 0 atom stereocenters. The van der Waals surface area contributed by atoms with Gasteiger partial charge in [0, 0.05) is 24.1 Å². The SMILES string of the molecule is CCN(c1ccccc1)c1nccc(C(=O)Nc2ccccc2C)n1. The monoisotopic (exact) mass is 332 g/mol. The summed E-state index contributed by atoms with van der Waals surface area (Å²) in [4.78, 5) is 23.3. The maximum absolute atomic E-state index is 12.5. The van der Waals surface area contributed by atoms with E-state index in [-0.39, 0.29) is 5.91 Å². The molecule has 0 aliphatic carbocycles. The first-order chi connectivity index (χ1) is 12.2. The van der Waals surface area contributed by atoms with E-state index in [4.69, 9.17) is 0 Å². The molecule has 5 heteroatoms. The van der Waals surface area contributed by atoms with Crippen molar-refractivity contribution in [3.05, 3.63) is 78.1 Å². The van der Waals surface area contributed by atoms with Crippen molar-refractivity contribution >= 4 is 23.2 Å². The minimum atomic E-state index is -0.248. The minimum Gasteiger partial charge on any atom is -0.320 e. The maximum Gasteiger partial charge on any atom is 0.274 e. The van der Waals surface area contributed by atoms with Gasteiger partial charge in [0.05, 0.1) is 0 Å². The van der Waals surface area contributed by atoms with Gasteiger partial charge in [0.25, 0.3) is 5.91 Å². The van der Waals surface area contributed by atoms with Crippen molar-refractivity contribution < 1.29 is 4.79 Å². The predicted molar refractivity (Wildman–Crippen MR) is 100 cm³/mol. The van der Waals surface area contributed by atoms with Gasteiger partial charge in [-0.3, -0.25) is 4.79 Å². The molecule has 1 aromatic heterocycles. The first-order valence-corrected chi connectivity index (χ1v) is 8.21. The van der Waals surface area contributed by atoms with Gasteiger partial charge < -0.3 is 10.2 Å². The lowest BCUT2D eigenvalue weighted by atomic mass is 10.2. The lowest BCUT2D eigenvalue weighted by molar-refractivity contribution is 0.102. The van der Waals surface area contributed by atoms with Gasteiger partial charge in [0.1, 0.15) is 5.69 Å². The molecule has 25 heavy (non-hydrogen) atoms. The number of nitrogens with zero attached hydrogens (tertiary/aromatic N) is 3. The maximum atomic E-state index is 12.5. The van der Waals surface area contributed by atoms with Gasteiger partial charge in [-0.1, -0.05) is 36.4 Å². The Kier molecular flexibility index (Phi) is 5.04. The Balaban J connectivity index is 1.86. The lowest BCUT2D eigenvalue weighted by Crippen LogP contribution is -2.21. The Morgan fingerprint density at radius 3 is 2.48 bits per heavy atom. The van der Waals surface area contributed by atoms with Crippen molar-refractivity contribution in [1.29, 1.82) is 0 Å². The molecule has 0 saturated carbocycles. The summed E-state index contributed by atoms with van der Waals surface area (Å²) in [7, 11) is 0. The van der Waals surface area contributed by atoms with E-state index in [1.54, 1.807) is 12.3 Å². The zero-order chi connectivity index (χ0) is 17.6. The van der Waals surface area contributed by atoms with Gasteiger partial charge in [-0.15, -0.1) is 0 Å². The molecule has 3 aromatic rings. The summed E-state index contributed by atoms with van der Waals surface area (Å²) in [5.41, 5.74) is 3.11. The van der Waals surface area contributed by atoms with Crippen LogP contribution in [-0.4, -0.2) is 22.4 Å². The molecule has 1 heterocycles. The highest BCUT2D eigenvalue weighted by molar-refractivity contribution is 6.03. The smallest absolute Gasteiger partial charge is 0.274 e. The fraction of sp³-hybridized carbons (Fsp3) is 0.150. The molecule has 126 valence electrons. The van der Waals surface area contributed by atoms with E-state index in [9.17, 15) is 4.79 Å². The van der Waals surface area contributed by atoms with E-state index in [1.807, 2.05) is 73.3 Å². The van der Waals surface area contributed by atoms with E-state index >= 15 is 0 Å². The summed E-state index contributed by atoms with van der Waals surface area (Å²) in [6.07, 6.45) is 1.61. The Labute approximate surface area is 147 Å². The second-order valence-electron chi connectivity index (χ2n) is 5.59. The zero-order valence-electron chi connectivity index (χ0n) is 14.3. The van der Waals surface area contributed by atoms with Gasteiger partial charge >= 0.3 is 0 Å². The molecule has 0 unspecified atom stereocenters. The highest BCUT2D eigenvalue weighted by Crippen LogP contribution is 2.21. The van der Waals surface area contributed by atoms with Gasteiger partial charge in [0.2, 0.25) is 5.95 Å². The fourth-order valence-corrected chi connectivity index (χ4v) is 2.55. The van der Waals surface area contributed by atoms with Gasteiger partial charge in [-0.2, -0.15) is 0 Å². The average Bonchev–Trinajstić information content (AvgIpc) is 2.65. The van der Waals surface area contributed by atoms with Crippen LogP contribution in [0.3, 0.4) is 0 Å². The molecule has 1 N–H and O–H groups in total. The summed E-state index contributed by atoms with van der Waals surface area (Å²) in [6.45, 7) is 4.68. The third kappa shape index (κ3) is 3.83. The number of hydrogen-bond acceptors (Lipinski definition) is 4. The zero-order valence-corrected chi connectivity index (χ0v) is 14.3. The number of hydrogen-bond donors (Lipinski definition) is 1. The first-order valence-electron chi connectivity index (χ1n) is 8.21. The number of aryl methyl sites for hydroxylation is 1. The molecule has 0 bridgehead atoms.